The fourth-order valence-corrected chi connectivity index (χ4v) is 6.45. The molecule has 164 valence electrons. The van der Waals surface area contributed by atoms with Crippen LogP contribution in [0, 0.1) is 5.92 Å². The lowest BCUT2D eigenvalue weighted by Crippen LogP contribution is -2.41. The first-order valence-electron chi connectivity index (χ1n) is 9.96. The summed E-state index contributed by atoms with van der Waals surface area (Å²) in [6.45, 7) is 3.79. The number of aromatic nitrogens is 1. The highest BCUT2D eigenvalue weighted by atomic mass is 35.5. The summed E-state index contributed by atoms with van der Waals surface area (Å²) in [6, 6.07) is 6.97. The second kappa shape index (κ2) is 9.64. The molecule has 2 aromatic rings. The van der Waals surface area contributed by atoms with Crippen LogP contribution in [0.1, 0.15) is 54.8 Å². The standard InChI is InChI=1S/C20H27ClN4O3S2/c1-12(2)11-30(27,28)25-14-9-7-13(8-10-14)23-20-24-19(22)18(29-20)17(26)15-5-3-4-6-16(15)21/h3-6,12-14,25H,7-11,22H2,1-2H3,(H,23,24). The van der Waals surface area contributed by atoms with Crippen LogP contribution in [0.5, 0.6) is 0 Å². The van der Waals surface area contributed by atoms with Crippen molar-refractivity contribution in [3.05, 3.63) is 39.7 Å². The quantitative estimate of drug-likeness (QED) is 0.504. The van der Waals surface area contributed by atoms with Crippen LogP contribution < -0.4 is 15.8 Å². The number of halogens is 1. The molecule has 0 radical (unpaired) electrons. The van der Waals surface area contributed by atoms with Crippen molar-refractivity contribution in [1.82, 2.24) is 9.71 Å². The molecular weight excluding hydrogens is 444 g/mol. The molecule has 1 aliphatic carbocycles. The first kappa shape index (κ1) is 23.0. The third kappa shape index (κ3) is 5.94. The minimum atomic E-state index is -3.24. The lowest BCUT2D eigenvalue weighted by atomic mass is 9.92. The molecule has 1 aliphatic rings. The molecule has 3 rings (SSSR count). The number of hydrogen-bond donors (Lipinski definition) is 3. The number of sulfonamides is 1. The molecule has 10 heteroatoms. The fraction of sp³-hybridized carbons (Fsp3) is 0.500. The van der Waals surface area contributed by atoms with E-state index in [-0.39, 0.29) is 35.4 Å². The Morgan fingerprint density at radius 3 is 2.50 bits per heavy atom. The topological polar surface area (TPSA) is 114 Å². The van der Waals surface area contributed by atoms with E-state index in [4.69, 9.17) is 17.3 Å². The molecule has 1 saturated carbocycles. The molecular formula is C20H27ClN4O3S2. The Hall–Kier alpha value is -1.68. The number of carbonyl (C=O) groups excluding carboxylic acids is 1. The SMILES string of the molecule is CC(C)CS(=O)(=O)NC1CCC(Nc2nc(N)c(C(=O)c3ccccc3Cl)s2)CC1. The molecule has 1 aromatic carbocycles. The van der Waals surface area contributed by atoms with Crippen molar-refractivity contribution in [2.75, 3.05) is 16.8 Å². The Morgan fingerprint density at radius 1 is 1.23 bits per heavy atom. The number of benzene rings is 1. The van der Waals surface area contributed by atoms with Crippen LogP contribution in [0.25, 0.3) is 0 Å². The van der Waals surface area contributed by atoms with E-state index < -0.39 is 10.0 Å². The van der Waals surface area contributed by atoms with Crippen LogP contribution in [0.2, 0.25) is 5.02 Å². The summed E-state index contributed by atoms with van der Waals surface area (Å²) >= 11 is 7.34. The number of anilines is 2. The number of thiazole rings is 1. The van der Waals surface area contributed by atoms with Gasteiger partial charge in [-0.25, -0.2) is 18.1 Å². The van der Waals surface area contributed by atoms with Crippen LogP contribution in [-0.4, -0.2) is 37.0 Å². The van der Waals surface area contributed by atoms with E-state index in [2.05, 4.69) is 15.0 Å². The van der Waals surface area contributed by atoms with E-state index in [1.165, 1.54) is 11.3 Å². The number of carbonyl (C=O) groups is 1. The summed E-state index contributed by atoms with van der Waals surface area (Å²) in [4.78, 5) is 17.4. The molecule has 4 N–H and O–H groups in total. The second-order valence-electron chi connectivity index (χ2n) is 8.03. The second-order valence-corrected chi connectivity index (χ2v) is 11.2. The molecule has 0 unspecified atom stereocenters. The molecule has 7 nitrogen and oxygen atoms in total. The summed E-state index contributed by atoms with van der Waals surface area (Å²) in [5, 5.41) is 4.31. The van der Waals surface area contributed by atoms with Crippen molar-refractivity contribution < 1.29 is 13.2 Å². The molecule has 0 aliphatic heterocycles. The monoisotopic (exact) mass is 470 g/mol. The maximum atomic E-state index is 12.8. The van der Waals surface area contributed by atoms with Crippen LogP contribution in [0.15, 0.2) is 24.3 Å². The maximum absolute atomic E-state index is 12.8. The van der Waals surface area contributed by atoms with Gasteiger partial charge in [-0.3, -0.25) is 4.79 Å². The highest BCUT2D eigenvalue weighted by Gasteiger charge is 2.26. The highest BCUT2D eigenvalue weighted by molar-refractivity contribution is 7.89. The molecule has 0 spiro atoms. The van der Waals surface area contributed by atoms with Gasteiger partial charge in [-0.2, -0.15) is 0 Å². The van der Waals surface area contributed by atoms with Gasteiger partial charge in [0, 0.05) is 17.6 Å². The van der Waals surface area contributed by atoms with Gasteiger partial charge in [-0.05, 0) is 43.7 Å². The zero-order valence-corrected chi connectivity index (χ0v) is 19.4. The Balaban J connectivity index is 1.58. The highest BCUT2D eigenvalue weighted by Crippen LogP contribution is 2.31. The van der Waals surface area contributed by atoms with Gasteiger partial charge in [-0.15, -0.1) is 0 Å². The number of nitrogen functional groups attached to an aromatic ring is 1. The summed E-state index contributed by atoms with van der Waals surface area (Å²) in [6.07, 6.45) is 3.12. The normalized spacial score (nSPS) is 19.7. The number of rotatable bonds is 8. The minimum Gasteiger partial charge on any atom is -0.382 e. The van der Waals surface area contributed by atoms with Gasteiger partial charge in [0.2, 0.25) is 15.8 Å². The van der Waals surface area contributed by atoms with Crippen molar-refractivity contribution in [3.8, 4) is 0 Å². The average molecular weight is 471 g/mol. The van der Waals surface area contributed by atoms with Gasteiger partial charge in [0.05, 0.1) is 10.8 Å². The van der Waals surface area contributed by atoms with Crippen molar-refractivity contribution in [2.45, 2.75) is 51.6 Å². The lowest BCUT2D eigenvalue weighted by Gasteiger charge is -2.29. The van der Waals surface area contributed by atoms with E-state index >= 15 is 0 Å². The smallest absolute Gasteiger partial charge is 0.212 e. The molecule has 0 amide bonds. The molecule has 1 fully saturated rings. The van der Waals surface area contributed by atoms with Gasteiger partial charge in [0.1, 0.15) is 10.7 Å². The van der Waals surface area contributed by atoms with Gasteiger partial charge in [-0.1, -0.05) is 48.9 Å². The predicted octanol–water partition coefficient (Wildman–Crippen LogP) is 3.91. The van der Waals surface area contributed by atoms with E-state index in [0.29, 0.717) is 20.6 Å². The molecule has 0 saturated heterocycles. The van der Waals surface area contributed by atoms with E-state index in [0.717, 1.165) is 25.7 Å². The fourth-order valence-electron chi connectivity index (χ4n) is 3.60. The average Bonchev–Trinajstić information content (AvgIpc) is 3.02. The van der Waals surface area contributed by atoms with Gasteiger partial charge in [0.25, 0.3) is 0 Å². The van der Waals surface area contributed by atoms with Crippen molar-refractivity contribution in [3.63, 3.8) is 0 Å². The number of hydrogen-bond acceptors (Lipinski definition) is 7. The first-order valence-corrected chi connectivity index (χ1v) is 12.8. The maximum Gasteiger partial charge on any atom is 0.212 e. The predicted molar refractivity (Wildman–Crippen MR) is 123 cm³/mol. The molecule has 30 heavy (non-hydrogen) atoms. The number of nitrogens with one attached hydrogen (secondary N) is 2. The summed E-state index contributed by atoms with van der Waals surface area (Å²) in [7, 11) is -3.24. The Kier molecular flexibility index (Phi) is 7.38. The summed E-state index contributed by atoms with van der Waals surface area (Å²) in [5.41, 5.74) is 6.38. The van der Waals surface area contributed by atoms with Gasteiger partial charge < -0.3 is 11.1 Å². The summed E-state index contributed by atoms with van der Waals surface area (Å²) < 4.78 is 27.1. The van der Waals surface area contributed by atoms with Crippen molar-refractivity contribution in [1.29, 1.82) is 0 Å². The molecule has 1 aromatic heterocycles. The van der Waals surface area contributed by atoms with E-state index in [1.54, 1.807) is 24.3 Å². The number of ketones is 1. The molecule has 1 heterocycles. The Labute approximate surface area is 186 Å². The van der Waals surface area contributed by atoms with E-state index in [1.807, 2.05) is 13.8 Å². The zero-order valence-electron chi connectivity index (χ0n) is 17.0. The van der Waals surface area contributed by atoms with Gasteiger partial charge >= 0.3 is 0 Å². The molecule has 0 bridgehead atoms. The number of nitrogens with zero attached hydrogens (tertiary/aromatic N) is 1. The van der Waals surface area contributed by atoms with Gasteiger partial charge in [0.15, 0.2) is 5.13 Å². The van der Waals surface area contributed by atoms with Crippen LogP contribution >= 0.6 is 22.9 Å². The van der Waals surface area contributed by atoms with Crippen molar-refractivity contribution >= 4 is 49.7 Å². The van der Waals surface area contributed by atoms with Crippen LogP contribution in [-0.2, 0) is 10.0 Å². The number of nitrogens with two attached hydrogens (primary N) is 1. The van der Waals surface area contributed by atoms with Crippen LogP contribution in [0.4, 0.5) is 10.9 Å². The third-order valence-corrected chi connectivity index (χ3v) is 8.06. The third-order valence-electron chi connectivity index (χ3n) is 4.93. The Bertz CT molecular complexity index is 999. The first-order chi connectivity index (χ1) is 14.1. The largest absolute Gasteiger partial charge is 0.382 e. The molecule has 0 atom stereocenters. The minimum absolute atomic E-state index is 0.0366. The van der Waals surface area contributed by atoms with Crippen molar-refractivity contribution in [2.24, 2.45) is 5.92 Å². The Morgan fingerprint density at radius 2 is 1.87 bits per heavy atom. The van der Waals surface area contributed by atoms with E-state index in [9.17, 15) is 13.2 Å². The zero-order chi connectivity index (χ0) is 21.9. The lowest BCUT2D eigenvalue weighted by molar-refractivity contribution is 0.104. The summed E-state index contributed by atoms with van der Waals surface area (Å²) in [5.74, 6) is 0.180. The van der Waals surface area contributed by atoms with Crippen LogP contribution in [0.3, 0.4) is 0 Å².